The van der Waals surface area contributed by atoms with Gasteiger partial charge in [0.15, 0.2) is 5.16 Å². The Morgan fingerprint density at radius 2 is 1.88 bits per heavy atom. The average molecular weight is 382 g/mol. The van der Waals surface area contributed by atoms with E-state index in [4.69, 9.17) is 4.98 Å². The summed E-state index contributed by atoms with van der Waals surface area (Å²) in [6.07, 6.45) is 0. The van der Waals surface area contributed by atoms with E-state index in [1.807, 2.05) is 34.6 Å². The molecule has 0 spiro atoms. The lowest BCUT2D eigenvalue weighted by Gasteiger charge is -2.18. The zero-order chi connectivity index (χ0) is 18.9. The maximum Gasteiger partial charge on any atom is 0.263 e. The van der Waals surface area contributed by atoms with Gasteiger partial charge in [-0.15, -0.1) is 11.3 Å². The molecule has 2 rings (SSSR count). The first-order valence-corrected chi connectivity index (χ1v) is 10.3. The Hall–Kier alpha value is -1.34. The van der Waals surface area contributed by atoms with Crippen molar-refractivity contribution in [2.75, 3.05) is 6.54 Å². The summed E-state index contributed by atoms with van der Waals surface area (Å²) in [4.78, 5) is 31.9. The second kappa shape index (κ2) is 7.91. The van der Waals surface area contributed by atoms with Crippen molar-refractivity contribution >= 4 is 39.2 Å². The lowest BCUT2D eigenvalue weighted by atomic mass is 10.2. The van der Waals surface area contributed by atoms with E-state index < -0.39 is 0 Å². The van der Waals surface area contributed by atoms with Crippen LogP contribution in [-0.2, 0) is 4.79 Å². The molecule has 0 radical (unpaired) electrons. The fourth-order valence-electron chi connectivity index (χ4n) is 2.49. The van der Waals surface area contributed by atoms with E-state index in [1.165, 1.54) is 23.1 Å². The maximum atomic E-state index is 13.0. The average Bonchev–Trinajstić information content (AvgIpc) is 2.79. The molecule has 25 heavy (non-hydrogen) atoms. The van der Waals surface area contributed by atoms with Crippen LogP contribution in [0, 0.1) is 19.8 Å². The molecule has 0 bridgehead atoms. The highest BCUT2D eigenvalue weighted by molar-refractivity contribution is 8.00. The van der Waals surface area contributed by atoms with Gasteiger partial charge in [-0.2, -0.15) is 0 Å². The monoisotopic (exact) mass is 381 g/mol. The minimum Gasteiger partial charge on any atom is -0.355 e. The standard InChI is InChI=1S/C18H27N3O2S2/c1-9(2)8-19-15(22)13(7)25-18-20-16-14(11(5)12(6)24-16)17(23)21(18)10(3)4/h9-10,13H,8H2,1-7H3,(H,19,22)/t13-/m0/s1. The molecule has 5 nitrogen and oxygen atoms in total. The Balaban J connectivity index is 2.42. The summed E-state index contributed by atoms with van der Waals surface area (Å²) >= 11 is 2.89. The molecule has 0 aliphatic rings. The molecule has 2 aromatic heterocycles. The zero-order valence-corrected chi connectivity index (χ0v) is 17.6. The number of carbonyl (C=O) groups excluding carboxylic acids is 1. The number of aromatic nitrogens is 2. The van der Waals surface area contributed by atoms with Crippen molar-refractivity contribution in [1.29, 1.82) is 0 Å². The molecular formula is C18H27N3O2S2. The highest BCUT2D eigenvalue weighted by Crippen LogP contribution is 2.30. The second-order valence-electron chi connectivity index (χ2n) is 7.03. The van der Waals surface area contributed by atoms with E-state index in [9.17, 15) is 9.59 Å². The number of nitrogens with zero attached hydrogens (tertiary/aromatic N) is 2. The molecule has 1 atom stereocenters. The highest BCUT2D eigenvalue weighted by atomic mass is 32.2. The van der Waals surface area contributed by atoms with Gasteiger partial charge in [-0.05, 0) is 46.1 Å². The first kappa shape index (κ1) is 20.0. The number of aryl methyl sites for hydroxylation is 2. The van der Waals surface area contributed by atoms with E-state index in [0.29, 0.717) is 23.0 Å². The van der Waals surface area contributed by atoms with Crippen molar-refractivity contribution < 1.29 is 4.79 Å². The first-order valence-electron chi connectivity index (χ1n) is 8.60. The van der Waals surface area contributed by atoms with Crippen molar-refractivity contribution in [1.82, 2.24) is 14.9 Å². The number of amides is 1. The second-order valence-corrected chi connectivity index (χ2v) is 9.54. The van der Waals surface area contributed by atoms with Crippen LogP contribution in [0.1, 0.15) is 51.1 Å². The molecule has 0 saturated heterocycles. The SMILES string of the molecule is Cc1sc2nc(S[C@@H](C)C(=O)NCC(C)C)n(C(C)C)c(=O)c2c1C. The third kappa shape index (κ3) is 4.26. The number of nitrogens with one attached hydrogen (secondary N) is 1. The van der Waals surface area contributed by atoms with Crippen LogP contribution in [0.3, 0.4) is 0 Å². The minimum atomic E-state index is -0.310. The van der Waals surface area contributed by atoms with E-state index >= 15 is 0 Å². The van der Waals surface area contributed by atoms with Crippen LogP contribution >= 0.6 is 23.1 Å². The molecule has 138 valence electrons. The number of fused-ring (bicyclic) bond motifs is 1. The molecule has 2 aromatic rings. The number of rotatable bonds is 6. The summed E-state index contributed by atoms with van der Waals surface area (Å²) in [6.45, 7) is 14.5. The molecule has 0 aliphatic heterocycles. The molecule has 0 aromatic carbocycles. The van der Waals surface area contributed by atoms with E-state index in [0.717, 1.165) is 15.3 Å². The molecule has 0 aliphatic carbocycles. The van der Waals surface area contributed by atoms with E-state index in [2.05, 4.69) is 19.2 Å². The van der Waals surface area contributed by atoms with Gasteiger partial charge < -0.3 is 5.32 Å². The van der Waals surface area contributed by atoms with Crippen LogP contribution in [0.15, 0.2) is 9.95 Å². The van der Waals surface area contributed by atoms with Gasteiger partial charge in [-0.25, -0.2) is 4.98 Å². The smallest absolute Gasteiger partial charge is 0.263 e. The minimum absolute atomic E-state index is 0.0147. The molecule has 0 saturated carbocycles. The van der Waals surface area contributed by atoms with Crippen molar-refractivity contribution in [2.45, 2.75) is 64.9 Å². The predicted octanol–water partition coefficient (Wildman–Crippen LogP) is 3.91. The van der Waals surface area contributed by atoms with E-state index in [-0.39, 0.29) is 22.8 Å². The van der Waals surface area contributed by atoms with Gasteiger partial charge in [0.1, 0.15) is 4.83 Å². The van der Waals surface area contributed by atoms with E-state index in [1.54, 1.807) is 4.57 Å². The molecular weight excluding hydrogens is 354 g/mol. The third-order valence-corrected chi connectivity index (χ3v) is 6.22. The van der Waals surface area contributed by atoms with Gasteiger partial charge in [0.2, 0.25) is 5.91 Å². The van der Waals surface area contributed by atoms with Crippen LogP contribution in [0.4, 0.5) is 0 Å². The summed E-state index contributed by atoms with van der Waals surface area (Å²) in [5.41, 5.74) is 0.991. The Kier molecular flexibility index (Phi) is 6.32. The van der Waals surface area contributed by atoms with Gasteiger partial charge in [0.25, 0.3) is 5.56 Å². The van der Waals surface area contributed by atoms with Gasteiger partial charge in [-0.3, -0.25) is 14.2 Å². The fourth-order valence-corrected chi connectivity index (χ4v) is 4.62. The number of hydrogen-bond donors (Lipinski definition) is 1. The molecule has 1 N–H and O–H groups in total. The van der Waals surface area contributed by atoms with Crippen LogP contribution in [-0.4, -0.2) is 27.3 Å². The zero-order valence-electron chi connectivity index (χ0n) is 16.0. The van der Waals surface area contributed by atoms with Gasteiger partial charge >= 0.3 is 0 Å². The summed E-state index contributed by atoms with van der Waals surface area (Å²) in [6, 6.07) is -0.0163. The maximum absolute atomic E-state index is 13.0. The summed E-state index contributed by atoms with van der Waals surface area (Å²) < 4.78 is 1.71. The third-order valence-electron chi connectivity index (χ3n) is 4.06. The molecule has 7 heteroatoms. The molecule has 0 fully saturated rings. The van der Waals surface area contributed by atoms with Crippen molar-refractivity contribution in [2.24, 2.45) is 5.92 Å². The quantitative estimate of drug-likeness (QED) is 0.609. The molecule has 2 heterocycles. The number of carbonyl (C=O) groups is 1. The Labute approximate surface area is 157 Å². The van der Waals surface area contributed by atoms with Gasteiger partial charge in [0, 0.05) is 17.5 Å². The van der Waals surface area contributed by atoms with Crippen molar-refractivity contribution in [3.05, 3.63) is 20.8 Å². The Morgan fingerprint density at radius 1 is 1.24 bits per heavy atom. The van der Waals surface area contributed by atoms with Crippen molar-refractivity contribution in [3.63, 3.8) is 0 Å². The number of hydrogen-bond acceptors (Lipinski definition) is 5. The van der Waals surface area contributed by atoms with Crippen LogP contribution in [0.2, 0.25) is 0 Å². The normalized spacial score (nSPS) is 13.0. The summed E-state index contributed by atoms with van der Waals surface area (Å²) in [7, 11) is 0. The lowest BCUT2D eigenvalue weighted by molar-refractivity contribution is -0.120. The van der Waals surface area contributed by atoms with Gasteiger partial charge in [0.05, 0.1) is 10.6 Å². The fraction of sp³-hybridized carbons (Fsp3) is 0.611. The molecule has 1 amide bonds. The largest absolute Gasteiger partial charge is 0.355 e. The molecule has 0 unspecified atom stereocenters. The van der Waals surface area contributed by atoms with Crippen LogP contribution in [0.25, 0.3) is 10.2 Å². The number of thioether (sulfide) groups is 1. The topological polar surface area (TPSA) is 64.0 Å². The lowest BCUT2D eigenvalue weighted by Crippen LogP contribution is -2.34. The first-order chi connectivity index (χ1) is 11.6. The van der Waals surface area contributed by atoms with Crippen molar-refractivity contribution in [3.8, 4) is 0 Å². The summed E-state index contributed by atoms with van der Waals surface area (Å²) in [5.74, 6) is 0.378. The van der Waals surface area contributed by atoms with Gasteiger partial charge in [-0.1, -0.05) is 25.6 Å². The Bertz CT molecular complexity index is 837. The van der Waals surface area contributed by atoms with Crippen LogP contribution in [0.5, 0.6) is 0 Å². The summed E-state index contributed by atoms with van der Waals surface area (Å²) in [5, 5.41) is 3.95. The Morgan fingerprint density at radius 3 is 2.44 bits per heavy atom. The van der Waals surface area contributed by atoms with Crippen LogP contribution < -0.4 is 10.9 Å². The number of thiophene rings is 1. The predicted molar refractivity (Wildman–Crippen MR) is 107 cm³/mol. The highest BCUT2D eigenvalue weighted by Gasteiger charge is 2.22.